The van der Waals surface area contributed by atoms with E-state index in [1.807, 2.05) is 17.0 Å². The van der Waals surface area contributed by atoms with Crippen molar-refractivity contribution >= 4 is 5.91 Å². The number of rotatable bonds is 4. The number of likely N-dealkylation sites (tertiary alicyclic amines) is 1. The molecule has 27 heavy (non-hydrogen) atoms. The normalized spacial score (nSPS) is 17.5. The molecule has 0 bridgehead atoms. The van der Waals surface area contributed by atoms with Crippen LogP contribution in [0.25, 0.3) is 11.1 Å². The molecule has 2 heterocycles. The minimum absolute atomic E-state index is 0.197. The second-order valence-corrected chi connectivity index (χ2v) is 7.41. The van der Waals surface area contributed by atoms with Crippen LogP contribution in [0, 0.1) is 6.92 Å². The van der Waals surface area contributed by atoms with Crippen LogP contribution in [0.15, 0.2) is 36.4 Å². The standard InChI is InChI=1S/C22H26N2O3/c1-16-5-2-3-6-19(16)17-13-18-15-23(9-10-24-8-4-7-21(24)26)11-12-27-22(18)20(25)14-17/h2-3,5-6,13-14,25H,4,7-12,15H2,1H3. The summed E-state index contributed by atoms with van der Waals surface area (Å²) in [6.45, 7) is 6.58. The molecule has 142 valence electrons. The summed E-state index contributed by atoms with van der Waals surface area (Å²) in [4.78, 5) is 16.1. The zero-order valence-electron chi connectivity index (χ0n) is 15.8. The molecule has 5 nitrogen and oxygen atoms in total. The van der Waals surface area contributed by atoms with E-state index < -0.39 is 0 Å². The smallest absolute Gasteiger partial charge is 0.222 e. The van der Waals surface area contributed by atoms with Gasteiger partial charge in [0.1, 0.15) is 6.61 Å². The Kier molecular flexibility index (Phi) is 5.03. The lowest BCUT2D eigenvalue weighted by molar-refractivity contribution is -0.127. The van der Waals surface area contributed by atoms with Crippen LogP contribution in [0.1, 0.15) is 24.0 Å². The van der Waals surface area contributed by atoms with Gasteiger partial charge < -0.3 is 14.7 Å². The van der Waals surface area contributed by atoms with Crippen LogP contribution >= 0.6 is 0 Å². The summed E-state index contributed by atoms with van der Waals surface area (Å²) >= 11 is 0. The number of phenolic OH excluding ortho intramolecular Hbond substituents is 1. The van der Waals surface area contributed by atoms with Gasteiger partial charge in [-0.3, -0.25) is 9.69 Å². The van der Waals surface area contributed by atoms with Gasteiger partial charge in [-0.05, 0) is 42.2 Å². The summed E-state index contributed by atoms with van der Waals surface area (Å²) in [6, 6.07) is 12.1. The number of amides is 1. The minimum atomic E-state index is 0.197. The summed E-state index contributed by atoms with van der Waals surface area (Å²) in [7, 11) is 0. The molecule has 0 saturated carbocycles. The predicted octanol–water partition coefficient (Wildman–Crippen LogP) is 3.18. The fourth-order valence-corrected chi connectivity index (χ4v) is 4.00. The third kappa shape index (κ3) is 3.78. The van der Waals surface area contributed by atoms with Crippen molar-refractivity contribution in [3.8, 4) is 22.6 Å². The highest BCUT2D eigenvalue weighted by Crippen LogP contribution is 2.38. The highest BCUT2D eigenvalue weighted by Gasteiger charge is 2.23. The molecular weight excluding hydrogens is 340 g/mol. The monoisotopic (exact) mass is 366 g/mol. The Labute approximate surface area is 160 Å². The summed E-state index contributed by atoms with van der Waals surface area (Å²) in [6.07, 6.45) is 1.65. The number of ether oxygens (including phenoxy) is 1. The van der Waals surface area contributed by atoms with Gasteiger partial charge in [0.2, 0.25) is 5.91 Å². The molecule has 5 heteroatoms. The molecule has 0 aromatic heterocycles. The average Bonchev–Trinajstić information content (AvgIpc) is 2.94. The number of carbonyl (C=O) groups excluding carboxylic acids is 1. The van der Waals surface area contributed by atoms with Gasteiger partial charge in [0.25, 0.3) is 0 Å². The van der Waals surface area contributed by atoms with E-state index in [0.29, 0.717) is 25.3 Å². The lowest BCUT2D eigenvalue weighted by Crippen LogP contribution is -2.36. The fourth-order valence-electron chi connectivity index (χ4n) is 4.00. The van der Waals surface area contributed by atoms with Crippen LogP contribution in [0.4, 0.5) is 0 Å². The van der Waals surface area contributed by atoms with Gasteiger partial charge in [0.15, 0.2) is 11.5 Å². The van der Waals surface area contributed by atoms with E-state index in [9.17, 15) is 9.90 Å². The molecule has 0 unspecified atom stereocenters. The van der Waals surface area contributed by atoms with Crippen LogP contribution < -0.4 is 4.74 Å². The molecule has 0 radical (unpaired) electrons. The number of fused-ring (bicyclic) bond motifs is 1. The number of hydrogen-bond donors (Lipinski definition) is 1. The highest BCUT2D eigenvalue weighted by molar-refractivity contribution is 5.78. The van der Waals surface area contributed by atoms with Gasteiger partial charge in [-0.25, -0.2) is 0 Å². The molecule has 2 aromatic rings. The molecule has 1 fully saturated rings. The van der Waals surface area contributed by atoms with Gasteiger partial charge in [-0.2, -0.15) is 0 Å². The highest BCUT2D eigenvalue weighted by atomic mass is 16.5. The third-order valence-corrected chi connectivity index (χ3v) is 5.51. The van der Waals surface area contributed by atoms with Crippen molar-refractivity contribution < 1.29 is 14.6 Å². The zero-order chi connectivity index (χ0) is 18.8. The van der Waals surface area contributed by atoms with Crippen LogP contribution in [0.3, 0.4) is 0 Å². The summed E-state index contributed by atoms with van der Waals surface area (Å²) in [5.41, 5.74) is 4.30. The Morgan fingerprint density at radius 1 is 1.15 bits per heavy atom. The first-order chi connectivity index (χ1) is 13.1. The van der Waals surface area contributed by atoms with Gasteiger partial charge in [-0.1, -0.05) is 24.3 Å². The number of phenols is 1. The Bertz CT molecular complexity index is 849. The fraction of sp³-hybridized carbons (Fsp3) is 0.409. The minimum Gasteiger partial charge on any atom is -0.504 e. The lowest BCUT2D eigenvalue weighted by atomic mass is 9.98. The van der Waals surface area contributed by atoms with Crippen LogP contribution in [0.5, 0.6) is 11.5 Å². The SMILES string of the molecule is Cc1ccccc1-c1cc(O)c2c(c1)CN(CCN1CCCC1=O)CCO2. The third-order valence-electron chi connectivity index (χ3n) is 5.51. The van der Waals surface area contributed by atoms with Crippen LogP contribution in [-0.4, -0.2) is 53.6 Å². The van der Waals surface area contributed by atoms with Crippen molar-refractivity contribution in [2.45, 2.75) is 26.3 Å². The Morgan fingerprint density at radius 3 is 2.78 bits per heavy atom. The lowest BCUT2D eigenvalue weighted by Gasteiger charge is -2.23. The van der Waals surface area contributed by atoms with E-state index >= 15 is 0 Å². The first-order valence-corrected chi connectivity index (χ1v) is 9.66. The first-order valence-electron chi connectivity index (χ1n) is 9.66. The molecule has 1 N–H and O–H groups in total. The Hall–Kier alpha value is -2.53. The van der Waals surface area contributed by atoms with Crippen molar-refractivity contribution in [2.24, 2.45) is 0 Å². The molecule has 0 spiro atoms. The number of aromatic hydroxyl groups is 1. The maximum Gasteiger partial charge on any atom is 0.222 e. The molecule has 2 aliphatic heterocycles. The van der Waals surface area contributed by atoms with Crippen molar-refractivity contribution in [3.05, 3.63) is 47.5 Å². The molecule has 2 aliphatic rings. The number of nitrogens with zero attached hydrogens (tertiary/aromatic N) is 2. The van der Waals surface area contributed by atoms with E-state index in [1.54, 1.807) is 6.07 Å². The molecule has 2 aromatic carbocycles. The van der Waals surface area contributed by atoms with Gasteiger partial charge in [0.05, 0.1) is 0 Å². The van der Waals surface area contributed by atoms with E-state index in [4.69, 9.17) is 4.74 Å². The first kappa shape index (κ1) is 17.9. The zero-order valence-corrected chi connectivity index (χ0v) is 15.8. The molecule has 0 atom stereocenters. The summed E-state index contributed by atoms with van der Waals surface area (Å²) in [5.74, 6) is 1.05. The topological polar surface area (TPSA) is 53.0 Å². The van der Waals surface area contributed by atoms with E-state index in [1.165, 1.54) is 5.56 Å². The van der Waals surface area contributed by atoms with Crippen molar-refractivity contribution in [3.63, 3.8) is 0 Å². The maximum atomic E-state index is 11.8. The average molecular weight is 366 g/mol. The Balaban J connectivity index is 1.55. The second-order valence-electron chi connectivity index (χ2n) is 7.41. The largest absolute Gasteiger partial charge is 0.504 e. The van der Waals surface area contributed by atoms with E-state index in [0.717, 1.165) is 49.3 Å². The van der Waals surface area contributed by atoms with Crippen LogP contribution in [0.2, 0.25) is 0 Å². The molecule has 1 amide bonds. The molecule has 1 saturated heterocycles. The molecular formula is C22H26N2O3. The molecule has 4 rings (SSSR count). The number of aryl methyl sites for hydroxylation is 1. The second kappa shape index (κ2) is 7.61. The summed E-state index contributed by atoms with van der Waals surface area (Å²) < 4.78 is 5.85. The number of carbonyl (C=O) groups is 1. The van der Waals surface area contributed by atoms with Crippen molar-refractivity contribution in [1.82, 2.24) is 9.80 Å². The number of hydrogen-bond acceptors (Lipinski definition) is 4. The van der Waals surface area contributed by atoms with Crippen molar-refractivity contribution in [1.29, 1.82) is 0 Å². The maximum absolute atomic E-state index is 11.8. The quantitative estimate of drug-likeness (QED) is 0.903. The van der Waals surface area contributed by atoms with Gasteiger partial charge >= 0.3 is 0 Å². The van der Waals surface area contributed by atoms with E-state index in [2.05, 4.69) is 30.0 Å². The van der Waals surface area contributed by atoms with Gasteiger partial charge in [0, 0.05) is 44.7 Å². The summed E-state index contributed by atoms with van der Waals surface area (Å²) in [5, 5.41) is 10.5. The van der Waals surface area contributed by atoms with Gasteiger partial charge in [-0.15, -0.1) is 0 Å². The van der Waals surface area contributed by atoms with Crippen LogP contribution in [-0.2, 0) is 11.3 Å². The predicted molar refractivity (Wildman–Crippen MR) is 105 cm³/mol. The Morgan fingerprint density at radius 2 is 2.00 bits per heavy atom. The van der Waals surface area contributed by atoms with Crippen molar-refractivity contribution in [2.75, 3.05) is 32.8 Å². The van der Waals surface area contributed by atoms with E-state index in [-0.39, 0.29) is 11.7 Å². The molecule has 0 aliphatic carbocycles. The number of benzene rings is 2.